The van der Waals surface area contributed by atoms with Crippen LogP contribution in [0.1, 0.15) is 0 Å². The molecule has 6 heteroatoms. The number of hydrogen-bond acceptors (Lipinski definition) is 3. The smallest absolute Gasteiger partial charge is 0.407 e. The first-order valence-electron chi connectivity index (χ1n) is 4.13. The van der Waals surface area contributed by atoms with Crippen molar-refractivity contribution in [1.82, 2.24) is 10.3 Å². The third-order valence-electron chi connectivity index (χ3n) is 2.91. The van der Waals surface area contributed by atoms with Crippen molar-refractivity contribution in [3.63, 3.8) is 0 Å². The minimum absolute atomic E-state index is 0.0550. The Hall–Kier alpha value is -1.30. The Kier molecular flexibility index (Phi) is 1.66. The molecular weight excluding hydrogens is 174 g/mol. The Morgan fingerprint density at radius 1 is 1.38 bits per heavy atom. The minimum Gasteiger partial charge on any atom is -0.465 e. The Balaban J connectivity index is 1.90. The summed E-state index contributed by atoms with van der Waals surface area (Å²) in [5.41, 5.74) is 2.09. The highest BCUT2D eigenvalue weighted by molar-refractivity contribution is 5.82. The topological polar surface area (TPSA) is 95.7 Å². The molecule has 72 valence electrons. The van der Waals surface area contributed by atoms with Gasteiger partial charge >= 0.3 is 6.09 Å². The van der Waals surface area contributed by atoms with Crippen LogP contribution in [0, 0.1) is 17.8 Å². The normalized spacial score (nSPS) is 35.5. The van der Waals surface area contributed by atoms with E-state index in [2.05, 4.69) is 5.43 Å². The molecule has 2 aliphatic rings. The summed E-state index contributed by atoms with van der Waals surface area (Å²) in [6.07, 6.45) is -0.904. The first kappa shape index (κ1) is 8.31. The van der Waals surface area contributed by atoms with Gasteiger partial charge in [-0.15, -0.1) is 0 Å². The molecule has 0 aromatic carbocycles. The quantitative estimate of drug-likeness (QED) is 0.272. The molecule has 2 fully saturated rings. The largest absolute Gasteiger partial charge is 0.465 e. The number of nitrogens with one attached hydrogen (secondary N) is 1. The highest BCUT2D eigenvalue weighted by atomic mass is 16.4. The summed E-state index contributed by atoms with van der Waals surface area (Å²) >= 11 is 0. The van der Waals surface area contributed by atoms with E-state index in [1.54, 1.807) is 0 Å². The van der Waals surface area contributed by atoms with Gasteiger partial charge in [-0.3, -0.25) is 10.2 Å². The lowest BCUT2D eigenvalue weighted by Crippen LogP contribution is -2.36. The average Bonchev–Trinajstić information content (AvgIpc) is 2.58. The number of carbonyl (C=O) groups excluding carboxylic acids is 1. The number of hydrazine groups is 1. The first-order chi connectivity index (χ1) is 6.15. The molecule has 0 spiro atoms. The van der Waals surface area contributed by atoms with Gasteiger partial charge in [-0.25, -0.2) is 10.6 Å². The van der Waals surface area contributed by atoms with Crippen LogP contribution in [0.15, 0.2) is 0 Å². The van der Waals surface area contributed by atoms with Gasteiger partial charge in [0.15, 0.2) is 0 Å². The molecule has 0 radical (unpaired) electrons. The number of hydrogen-bond donors (Lipinski definition) is 3. The third kappa shape index (κ3) is 1.14. The molecule has 1 heterocycles. The number of nitrogens with two attached hydrogens (primary N) is 1. The van der Waals surface area contributed by atoms with E-state index in [4.69, 9.17) is 10.9 Å². The number of nitrogens with zero attached hydrogens (tertiary/aromatic N) is 1. The molecule has 6 nitrogen and oxygen atoms in total. The second-order valence-electron chi connectivity index (χ2n) is 3.55. The van der Waals surface area contributed by atoms with Gasteiger partial charge in [0.05, 0.1) is 0 Å². The Bertz CT molecular complexity index is 256. The van der Waals surface area contributed by atoms with E-state index in [1.165, 1.54) is 4.90 Å². The molecule has 0 aromatic heterocycles. The lowest BCUT2D eigenvalue weighted by atomic mass is 10.2. The van der Waals surface area contributed by atoms with Crippen LogP contribution in [0.4, 0.5) is 4.79 Å². The van der Waals surface area contributed by atoms with E-state index in [-0.39, 0.29) is 23.7 Å². The second kappa shape index (κ2) is 2.59. The summed E-state index contributed by atoms with van der Waals surface area (Å²) in [5.74, 6) is 5.15. The summed E-state index contributed by atoms with van der Waals surface area (Å²) in [5, 5.41) is 8.63. The molecule has 0 aromatic rings. The SMILES string of the molecule is NNC(=O)C1[C@H]2CN(C(=O)O)C[C@@H]12. The van der Waals surface area contributed by atoms with Gasteiger partial charge in [0, 0.05) is 19.0 Å². The molecule has 13 heavy (non-hydrogen) atoms. The first-order valence-corrected chi connectivity index (χ1v) is 4.13. The molecule has 3 atom stereocenters. The molecule has 1 aliphatic heterocycles. The highest BCUT2D eigenvalue weighted by Gasteiger charge is 2.60. The van der Waals surface area contributed by atoms with Gasteiger partial charge in [0.25, 0.3) is 0 Å². The number of rotatable bonds is 1. The van der Waals surface area contributed by atoms with Gasteiger partial charge in [0.1, 0.15) is 0 Å². The summed E-state index contributed by atoms with van der Waals surface area (Å²) in [7, 11) is 0. The van der Waals surface area contributed by atoms with Gasteiger partial charge in [-0.2, -0.15) is 0 Å². The zero-order valence-corrected chi connectivity index (χ0v) is 6.93. The summed E-state index contributed by atoms with van der Waals surface area (Å²) in [4.78, 5) is 22.9. The fourth-order valence-electron chi connectivity index (χ4n) is 2.17. The Morgan fingerprint density at radius 3 is 2.31 bits per heavy atom. The average molecular weight is 185 g/mol. The van der Waals surface area contributed by atoms with E-state index in [1.807, 2.05) is 0 Å². The van der Waals surface area contributed by atoms with Crippen molar-refractivity contribution in [3.8, 4) is 0 Å². The van der Waals surface area contributed by atoms with Crippen molar-refractivity contribution in [2.45, 2.75) is 0 Å². The summed E-state index contributed by atoms with van der Waals surface area (Å²) in [6, 6.07) is 0. The zero-order valence-electron chi connectivity index (χ0n) is 6.93. The number of likely N-dealkylation sites (tertiary alicyclic amines) is 1. The molecule has 1 unspecified atom stereocenters. The van der Waals surface area contributed by atoms with Crippen LogP contribution < -0.4 is 11.3 Å². The number of carboxylic acid groups (broad SMARTS) is 1. The van der Waals surface area contributed by atoms with Crippen LogP contribution in [0.3, 0.4) is 0 Å². The van der Waals surface area contributed by atoms with Crippen LogP contribution in [0.5, 0.6) is 0 Å². The molecule has 1 aliphatic carbocycles. The summed E-state index contributed by atoms with van der Waals surface area (Å²) < 4.78 is 0. The predicted molar refractivity (Wildman–Crippen MR) is 42.4 cm³/mol. The monoisotopic (exact) mass is 185 g/mol. The second-order valence-corrected chi connectivity index (χ2v) is 3.55. The van der Waals surface area contributed by atoms with Crippen molar-refractivity contribution < 1.29 is 14.7 Å². The van der Waals surface area contributed by atoms with E-state index in [0.717, 1.165) is 0 Å². The lowest BCUT2D eigenvalue weighted by molar-refractivity contribution is -0.123. The zero-order chi connectivity index (χ0) is 9.59. The predicted octanol–water partition coefficient (Wildman–Crippen LogP) is -1.17. The Labute approximate surface area is 74.7 Å². The summed E-state index contributed by atoms with van der Waals surface area (Å²) in [6.45, 7) is 0.941. The molecule has 1 saturated heterocycles. The maximum atomic E-state index is 11.1. The van der Waals surface area contributed by atoms with E-state index >= 15 is 0 Å². The van der Waals surface area contributed by atoms with E-state index in [9.17, 15) is 9.59 Å². The van der Waals surface area contributed by atoms with Gasteiger partial charge in [-0.1, -0.05) is 0 Å². The number of amides is 2. The fourth-order valence-corrected chi connectivity index (χ4v) is 2.17. The van der Waals surface area contributed by atoms with Gasteiger partial charge < -0.3 is 10.0 Å². The van der Waals surface area contributed by atoms with E-state index in [0.29, 0.717) is 13.1 Å². The maximum absolute atomic E-state index is 11.1. The van der Waals surface area contributed by atoms with Crippen LogP contribution in [0.2, 0.25) is 0 Å². The molecule has 2 amide bonds. The molecule has 1 saturated carbocycles. The van der Waals surface area contributed by atoms with Crippen molar-refractivity contribution >= 4 is 12.0 Å². The number of piperidine rings is 1. The highest BCUT2D eigenvalue weighted by Crippen LogP contribution is 2.51. The number of carbonyl (C=O) groups is 2. The van der Waals surface area contributed by atoms with Crippen molar-refractivity contribution in [3.05, 3.63) is 0 Å². The van der Waals surface area contributed by atoms with Crippen molar-refractivity contribution in [2.24, 2.45) is 23.6 Å². The van der Waals surface area contributed by atoms with Crippen LogP contribution in [-0.2, 0) is 4.79 Å². The standard InChI is InChI=1S/C7H11N3O3/c8-9-6(11)5-3-1-10(7(12)13)2-4(3)5/h3-5H,1-2,8H2,(H,9,11)(H,12,13)/t3-,4+,5?. The molecule has 2 rings (SSSR count). The Morgan fingerprint density at radius 2 is 1.92 bits per heavy atom. The van der Waals surface area contributed by atoms with Gasteiger partial charge in [0.2, 0.25) is 5.91 Å². The van der Waals surface area contributed by atoms with Crippen LogP contribution >= 0.6 is 0 Å². The molecule has 0 bridgehead atoms. The van der Waals surface area contributed by atoms with Crippen LogP contribution in [-0.4, -0.2) is 35.1 Å². The molecule has 4 N–H and O–H groups in total. The molecular formula is C7H11N3O3. The van der Waals surface area contributed by atoms with Gasteiger partial charge in [-0.05, 0) is 11.8 Å². The minimum atomic E-state index is -0.904. The lowest BCUT2D eigenvalue weighted by Gasteiger charge is -2.14. The number of fused-ring (bicyclic) bond motifs is 1. The van der Waals surface area contributed by atoms with E-state index < -0.39 is 6.09 Å². The third-order valence-corrected chi connectivity index (χ3v) is 2.91. The van der Waals surface area contributed by atoms with Crippen molar-refractivity contribution in [2.75, 3.05) is 13.1 Å². The maximum Gasteiger partial charge on any atom is 0.407 e. The van der Waals surface area contributed by atoms with Crippen molar-refractivity contribution in [1.29, 1.82) is 0 Å². The fraction of sp³-hybridized carbons (Fsp3) is 0.714. The van der Waals surface area contributed by atoms with Crippen LogP contribution in [0.25, 0.3) is 0 Å².